The summed E-state index contributed by atoms with van der Waals surface area (Å²) in [4.78, 5) is 4.91. The summed E-state index contributed by atoms with van der Waals surface area (Å²) in [5.41, 5.74) is 5.90. The van der Waals surface area contributed by atoms with Gasteiger partial charge in [0.15, 0.2) is 0 Å². The molecule has 0 bridgehead atoms. The molecule has 28 heavy (non-hydrogen) atoms. The van der Waals surface area contributed by atoms with Gasteiger partial charge < -0.3 is 9.30 Å². The molecule has 0 saturated carbocycles. The van der Waals surface area contributed by atoms with E-state index in [1.165, 1.54) is 22.2 Å². The third kappa shape index (κ3) is 4.09. The van der Waals surface area contributed by atoms with E-state index in [2.05, 4.69) is 79.1 Å². The van der Waals surface area contributed by atoms with Gasteiger partial charge in [-0.15, -0.1) is 0 Å². The SMILES string of the molecule is Cc1cccc(OCCCCn2c(-c3cccc(C)c3)nc3ccccc32)c1. The average Bonchev–Trinajstić information content (AvgIpc) is 3.07. The zero-order valence-electron chi connectivity index (χ0n) is 16.6. The summed E-state index contributed by atoms with van der Waals surface area (Å²) in [6.45, 7) is 5.87. The molecule has 3 nitrogen and oxygen atoms in total. The van der Waals surface area contributed by atoms with Crippen LogP contribution < -0.4 is 4.74 Å². The predicted octanol–water partition coefficient (Wildman–Crippen LogP) is 6.18. The van der Waals surface area contributed by atoms with Crippen molar-refractivity contribution in [3.63, 3.8) is 0 Å². The second-order valence-electron chi connectivity index (χ2n) is 7.32. The molecule has 0 aliphatic rings. The highest BCUT2D eigenvalue weighted by atomic mass is 16.5. The van der Waals surface area contributed by atoms with Crippen LogP contribution >= 0.6 is 0 Å². The third-order valence-corrected chi connectivity index (χ3v) is 4.97. The number of nitrogens with zero attached hydrogens (tertiary/aromatic N) is 2. The number of imidazole rings is 1. The van der Waals surface area contributed by atoms with E-state index < -0.39 is 0 Å². The van der Waals surface area contributed by atoms with Crippen molar-refractivity contribution in [3.05, 3.63) is 83.9 Å². The fraction of sp³-hybridized carbons (Fsp3) is 0.240. The van der Waals surface area contributed by atoms with Gasteiger partial charge in [-0.05, 0) is 62.6 Å². The first-order valence-corrected chi connectivity index (χ1v) is 9.92. The fourth-order valence-electron chi connectivity index (χ4n) is 3.57. The van der Waals surface area contributed by atoms with Gasteiger partial charge >= 0.3 is 0 Å². The van der Waals surface area contributed by atoms with Gasteiger partial charge in [0.2, 0.25) is 0 Å². The van der Waals surface area contributed by atoms with Crippen molar-refractivity contribution in [2.75, 3.05) is 6.61 Å². The van der Waals surface area contributed by atoms with Crippen LogP contribution in [0.3, 0.4) is 0 Å². The quantitative estimate of drug-likeness (QED) is 0.363. The van der Waals surface area contributed by atoms with E-state index >= 15 is 0 Å². The summed E-state index contributed by atoms with van der Waals surface area (Å²) in [6.07, 6.45) is 2.05. The first kappa shape index (κ1) is 18.3. The number of aromatic nitrogens is 2. The summed E-state index contributed by atoms with van der Waals surface area (Å²) in [5.74, 6) is 2.00. The van der Waals surface area contributed by atoms with Crippen LogP contribution in [0, 0.1) is 13.8 Å². The van der Waals surface area contributed by atoms with Gasteiger partial charge in [-0.25, -0.2) is 4.98 Å². The van der Waals surface area contributed by atoms with Crippen LogP contribution in [0.4, 0.5) is 0 Å². The molecular weight excluding hydrogens is 344 g/mol. The molecule has 0 amide bonds. The van der Waals surface area contributed by atoms with E-state index in [1.807, 2.05) is 12.1 Å². The highest BCUT2D eigenvalue weighted by molar-refractivity contribution is 5.80. The molecule has 0 N–H and O–H groups in total. The molecule has 142 valence electrons. The van der Waals surface area contributed by atoms with Crippen molar-refractivity contribution >= 4 is 11.0 Å². The van der Waals surface area contributed by atoms with Crippen LogP contribution in [0.1, 0.15) is 24.0 Å². The zero-order chi connectivity index (χ0) is 19.3. The van der Waals surface area contributed by atoms with E-state index in [4.69, 9.17) is 9.72 Å². The maximum atomic E-state index is 5.90. The molecule has 4 rings (SSSR count). The zero-order valence-corrected chi connectivity index (χ0v) is 16.6. The van der Waals surface area contributed by atoms with Crippen molar-refractivity contribution in [2.24, 2.45) is 0 Å². The Bertz CT molecular complexity index is 1080. The van der Waals surface area contributed by atoms with Crippen molar-refractivity contribution in [1.82, 2.24) is 9.55 Å². The minimum absolute atomic E-state index is 0.732. The summed E-state index contributed by atoms with van der Waals surface area (Å²) in [5, 5.41) is 0. The normalized spacial score (nSPS) is 11.1. The van der Waals surface area contributed by atoms with Crippen molar-refractivity contribution < 1.29 is 4.74 Å². The Labute approximate surface area is 166 Å². The number of ether oxygens (including phenoxy) is 1. The molecule has 3 aromatic carbocycles. The molecule has 0 unspecified atom stereocenters. The Hall–Kier alpha value is -3.07. The molecule has 0 fully saturated rings. The van der Waals surface area contributed by atoms with E-state index in [-0.39, 0.29) is 0 Å². The molecule has 3 heteroatoms. The van der Waals surface area contributed by atoms with Gasteiger partial charge in [0.1, 0.15) is 11.6 Å². The van der Waals surface area contributed by atoms with Crippen molar-refractivity contribution in [3.8, 4) is 17.1 Å². The first-order valence-electron chi connectivity index (χ1n) is 9.92. The van der Waals surface area contributed by atoms with E-state index in [9.17, 15) is 0 Å². The Balaban J connectivity index is 1.47. The van der Waals surface area contributed by atoms with Crippen LogP contribution in [-0.4, -0.2) is 16.2 Å². The molecule has 0 atom stereocenters. The summed E-state index contributed by atoms with van der Waals surface area (Å²) in [6, 6.07) is 25.2. The van der Waals surface area contributed by atoms with Gasteiger partial charge in [-0.2, -0.15) is 0 Å². The molecule has 0 saturated heterocycles. The molecular formula is C25H26N2O. The smallest absolute Gasteiger partial charge is 0.141 e. The van der Waals surface area contributed by atoms with Gasteiger partial charge in [0.25, 0.3) is 0 Å². The number of unbranched alkanes of at least 4 members (excludes halogenated alkanes) is 1. The summed E-state index contributed by atoms with van der Waals surface area (Å²) >= 11 is 0. The predicted molar refractivity (Wildman–Crippen MR) is 116 cm³/mol. The lowest BCUT2D eigenvalue weighted by Crippen LogP contribution is -2.04. The standard InChI is InChI=1S/C25H26N2O/c1-19-9-7-11-21(17-19)25-26-23-13-3-4-14-24(23)27(25)15-5-6-16-28-22-12-8-10-20(2)18-22/h3-4,7-14,17-18H,5-6,15-16H2,1-2H3. The lowest BCUT2D eigenvalue weighted by Gasteiger charge is -2.11. The Morgan fingerprint density at radius 3 is 2.43 bits per heavy atom. The van der Waals surface area contributed by atoms with Crippen LogP contribution in [0.25, 0.3) is 22.4 Å². The Morgan fingerprint density at radius 1 is 0.821 bits per heavy atom. The fourth-order valence-corrected chi connectivity index (χ4v) is 3.57. The lowest BCUT2D eigenvalue weighted by atomic mass is 10.1. The van der Waals surface area contributed by atoms with Crippen LogP contribution in [0.2, 0.25) is 0 Å². The van der Waals surface area contributed by atoms with E-state index in [0.29, 0.717) is 0 Å². The summed E-state index contributed by atoms with van der Waals surface area (Å²) in [7, 11) is 0. The van der Waals surface area contributed by atoms with Crippen molar-refractivity contribution in [2.45, 2.75) is 33.2 Å². The second kappa shape index (κ2) is 8.30. The molecule has 4 aromatic rings. The average molecular weight is 370 g/mol. The molecule has 0 aliphatic carbocycles. The molecule has 1 heterocycles. The minimum Gasteiger partial charge on any atom is -0.494 e. The van der Waals surface area contributed by atoms with Crippen LogP contribution in [-0.2, 0) is 6.54 Å². The molecule has 0 aliphatic heterocycles. The Kier molecular flexibility index (Phi) is 5.43. The molecule has 0 spiro atoms. The summed E-state index contributed by atoms with van der Waals surface area (Å²) < 4.78 is 8.24. The third-order valence-electron chi connectivity index (χ3n) is 4.97. The monoisotopic (exact) mass is 370 g/mol. The number of hydrogen-bond acceptors (Lipinski definition) is 2. The highest BCUT2D eigenvalue weighted by Gasteiger charge is 2.12. The lowest BCUT2D eigenvalue weighted by molar-refractivity contribution is 0.303. The van der Waals surface area contributed by atoms with E-state index in [1.54, 1.807) is 0 Å². The van der Waals surface area contributed by atoms with Gasteiger partial charge in [0, 0.05) is 12.1 Å². The molecule has 0 radical (unpaired) electrons. The van der Waals surface area contributed by atoms with Gasteiger partial charge in [0.05, 0.1) is 17.6 Å². The van der Waals surface area contributed by atoms with Crippen LogP contribution in [0.5, 0.6) is 5.75 Å². The maximum absolute atomic E-state index is 5.90. The number of aryl methyl sites for hydroxylation is 3. The largest absolute Gasteiger partial charge is 0.494 e. The maximum Gasteiger partial charge on any atom is 0.141 e. The van der Waals surface area contributed by atoms with Gasteiger partial charge in [-0.3, -0.25) is 0 Å². The minimum atomic E-state index is 0.732. The first-order chi connectivity index (χ1) is 13.7. The molecule has 1 aromatic heterocycles. The Morgan fingerprint density at radius 2 is 1.61 bits per heavy atom. The van der Waals surface area contributed by atoms with Crippen molar-refractivity contribution in [1.29, 1.82) is 0 Å². The number of rotatable bonds is 7. The number of benzene rings is 3. The van der Waals surface area contributed by atoms with Gasteiger partial charge in [-0.1, -0.05) is 48.0 Å². The number of hydrogen-bond donors (Lipinski definition) is 0. The number of fused-ring (bicyclic) bond motifs is 1. The van der Waals surface area contributed by atoms with Crippen LogP contribution in [0.15, 0.2) is 72.8 Å². The second-order valence-corrected chi connectivity index (χ2v) is 7.32. The topological polar surface area (TPSA) is 27.1 Å². The van der Waals surface area contributed by atoms with E-state index in [0.717, 1.165) is 43.1 Å². The number of para-hydroxylation sites is 2. The highest BCUT2D eigenvalue weighted by Crippen LogP contribution is 2.26.